The van der Waals surface area contributed by atoms with Gasteiger partial charge in [0.2, 0.25) is 6.10 Å². The molecule has 0 aliphatic carbocycles. The van der Waals surface area contributed by atoms with Gasteiger partial charge in [0, 0.05) is 26.3 Å². The number of alkyl halides is 5. The molecular weight excluding hydrogens is 505 g/mol. The van der Waals surface area contributed by atoms with Crippen molar-refractivity contribution in [1.29, 1.82) is 0 Å². The summed E-state index contributed by atoms with van der Waals surface area (Å²) in [5.74, 6) is -8.54. The van der Waals surface area contributed by atoms with Gasteiger partial charge in [0.1, 0.15) is 6.04 Å². The first-order chi connectivity index (χ1) is 17.4. The van der Waals surface area contributed by atoms with Gasteiger partial charge in [-0.1, -0.05) is 42.5 Å². The van der Waals surface area contributed by atoms with Crippen molar-refractivity contribution >= 4 is 23.4 Å². The monoisotopic (exact) mass is 529 g/mol. The lowest BCUT2D eigenvalue weighted by Crippen LogP contribution is -2.53. The fourth-order valence-electron chi connectivity index (χ4n) is 3.83. The second kappa shape index (κ2) is 11.2. The molecule has 3 amide bonds. The van der Waals surface area contributed by atoms with Crippen LogP contribution >= 0.6 is 0 Å². The van der Waals surface area contributed by atoms with Gasteiger partial charge >= 0.3 is 12.1 Å². The molecule has 8 nitrogen and oxygen atoms in total. The van der Waals surface area contributed by atoms with Crippen molar-refractivity contribution < 1.29 is 45.8 Å². The summed E-state index contributed by atoms with van der Waals surface area (Å²) in [6.45, 7) is -1.81. The van der Waals surface area contributed by atoms with Gasteiger partial charge in [-0.25, -0.2) is 0 Å². The van der Waals surface area contributed by atoms with Gasteiger partial charge in [-0.2, -0.15) is 22.0 Å². The van der Waals surface area contributed by atoms with Crippen molar-refractivity contribution in [2.75, 3.05) is 38.8 Å². The second-order valence-corrected chi connectivity index (χ2v) is 8.06. The Hall–Kier alpha value is -3.58. The third-order valence-corrected chi connectivity index (χ3v) is 5.69. The molecule has 2 N–H and O–H groups in total. The molecule has 2 aromatic rings. The molecule has 0 saturated heterocycles. The van der Waals surface area contributed by atoms with Crippen molar-refractivity contribution in [2.45, 2.75) is 24.2 Å². The lowest BCUT2D eigenvalue weighted by Gasteiger charge is -2.27. The summed E-state index contributed by atoms with van der Waals surface area (Å²) in [6.07, 6.45) is -8.01. The summed E-state index contributed by atoms with van der Waals surface area (Å²) in [5, 5.41) is 3.78. The number of methoxy groups -OCH3 is 2. The number of anilines is 1. The number of benzene rings is 2. The molecule has 0 aromatic heterocycles. The first-order valence-electron chi connectivity index (χ1n) is 11.0. The maximum Gasteiger partial charge on any atom is 0.455 e. The first kappa shape index (κ1) is 28.0. The van der Waals surface area contributed by atoms with Gasteiger partial charge in [0.25, 0.3) is 17.7 Å². The summed E-state index contributed by atoms with van der Waals surface area (Å²) in [7, 11) is 2.35. The Morgan fingerprint density at radius 2 is 1.59 bits per heavy atom. The van der Waals surface area contributed by atoms with Crippen LogP contribution in [0.1, 0.15) is 11.6 Å². The highest BCUT2D eigenvalue weighted by molar-refractivity contribution is 6.09. The van der Waals surface area contributed by atoms with E-state index in [-0.39, 0.29) is 13.2 Å². The van der Waals surface area contributed by atoms with E-state index in [4.69, 9.17) is 9.47 Å². The van der Waals surface area contributed by atoms with Gasteiger partial charge in [0.15, 0.2) is 0 Å². The number of fused-ring (bicyclic) bond motifs is 3. The second-order valence-electron chi connectivity index (χ2n) is 8.06. The van der Waals surface area contributed by atoms with Crippen LogP contribution in [0.2, 0.25) is 0 Å². The third kappa shape index (κ3) is 5.88. The van der Waals surface area contributed by atoms with Crippen LogP contribution in [0.5, 0.6) is 0 Å². The Morgan fingerprint density at radius 3 is 2.22 bits per heavy atom. The number of halogens is 5. The molecule has 0 saturated carbocycles. The summed E-state index contributed by atoms with van der Waals surface area (Å²) < 4.78 is 73.6. The van der Waals surface area contributed by atoms with Crippen LogP contribution in [0.15, 0.2) is 48.5 Å². The van der Waals surface area contributed by atoms with Crippen LogP contribution in [0.3, 0.4) is 0 Å². The average Bonchev–Trinajstić information content (AvgIpc) is 2.95. The van der Waals surface area contributed by atoms with Crippen LogP contribution in [0.25, 0.3) is 11.1 Å². The van der Waals surface area contributed by atoms with Gasteiger partial charge in [-0.3, -0.25) is 14.4 Å². The summed E-state index contributed by atoms with van der Waals surface area (Å²) in [6, 6.07) is 12.4. The lowest BCUT2D eigenvalue weighted by molar-refractivity contribution is -0.278. The lowest BCUT2D eigenvalue weighted by atomic mass is 9.95. The normalized spacial score (nSPS) is 16.4. The molecular formula is C24H24F5N3O5. The highest BCUT2D eigenvalue weighted by atomic mass is 19.4. The van der Waals surface area contributed by atoms with E-state index < -0.39 is 48.5 Å². The van der Waals surface area contributed by atoms with Gasteiger partial charge < -0.3 is 25.0 Å². The number of carbonyl (C=O) groups is 3. The third-order valence-electron chi connectivity index (χ3n) is 5.69. The van der Waals surface area contributed by atoms with E-state index in [1.807, 2.05) is 0 Å². The quantitative estimate of drug-likeness (QED) is 0.385. The standard InChI is InChI=1S/C24H24F5N3O5/c1-36-12-11-32-17-10-6-5-8-15(17)14-7-3-4-9-16(14)18(22(32)35)31-21(34)19(37-2)20(33)30-13-23(25,26)24(27,28)29/h3-10,18-19H,11-13H2,1-2H3,(H,30,33)(H,31,34)/t18-,19?/m0/s1. The molecule has 1 heterocycles. The summed E-state index contributed by atoms with van der Waals surface area (Å²) in [4.78, 5) is 40.3. The van der Waals surface area contributed by atoms with Crippen molar-refractivity contribution in [3.63, 3.8) is 0 Å². The molecule has 200 valence electrons. The Kier molecular flexibility index (Phi) is 8.49. The minimum absolute atomic E-state index is 0.118. The molecule has 0 bridgehead atoms. The van der Waals surface area contributed by atoms with Crippen molar-refractivity contribution in [1.82, 2.24) is 10.6 Å². The van der Waals surface area contributed by atoms with Crippen LogP contribution in [-0.2, 0) is 23.9 Å². The van der Waals surface area contributed by atoms with E-state index in [2.05, 4.69) is 5.32 Å². The zero-order chi connectivity index (χ0) is 27.4. The van der Waals surface area contributed by atoms with Crippen molar-refractivity contribution in [3.8, 4) is 11.1 Å². The topological polar surface area (TPSA) is 97.0 Å². The van der Waals surface area contributed by atoms with Crippen LogP contribution in [0.4, 0.5) is 27.6 Å². The number of ether oxygens (including phenoxy) is 2. The maximum absolute atomic E-state index is 13.7. The number of amides is 3. The number of nitrogens with one attached hydrogen (secondary N) is 2. The fraction of sp³-hybridized carbons (Fsp3) is 0.375. The van der Waals surface area contributed by atoms with Crippen LogP contribution < -0.4 is 15.5 Å². The Bertz CT molecular complexity index is 1160. The largest absolute Gasteiger partial charge is 0.455 e. The molecule has 0 fully saturated rings. The van der Waals surface area contributed by atoms with E-state index >= 15 is 0 Å². The number of hydrogen-bond acceptors (Lipinski definition) is 5. The van der Waals surface area contributed by atoms with E-state index in [1.54, 1.807) is 48.5 Å². The highest BCUT2D eigenvalue weighted by Gasteiger charge is 2.57. The molecule has 2 atom stereocenters. The molecule has 0 radical (unpaired) electrons. The minimum atomic E-state index is -5.90. The van der Waals surface area contributed by atoms with E-state index in [0.717, 1.165) is 7.11 Å². The van der Waals surface area contributed by atoms with Gasteiger partial charge in [0.05, 0.1) is 18.8 Å². The first-order valence-corrected chi connectivity index (χ1v) is 11.0. The molecule has 1 aliphatic heterocycles. The minimum Gasteiger partial charge on any atom is -0.383 e. The SMILES string of the molecule is COCCN1C(=O)[C@@H](NC(=O)C(OC)C(=O)NCC(F)(F)C(F)(F)F)c2ccccc2-c2ccccc21. The molecule has 13 heteroatoms. The number of rotatable bonds is 9. The van der Waals surface area contributed by atoms with Gasteiger partial charge in [-0.05, 0) is 17.2 Å². The smallest absolute Gasteiger partial charge is 0.383 e. The fourth-order valence-corrected chi connectivity index (χ4v) is 3.83. The molecule has 1 aliphatic rings. The van der Waals surface area contributed by atoms with Crippen molar-refractivity contribution in [3.05, 3.63) is 54.1 Å². The Balaban J connectivity index is 1.91. The van der Waals surface area contributed by atoms with Crippen molar-refractivity contribution in [2.24, 2.45) is 0 Å². The molecule has 1 unspecified atom stereocenters. The van der Waals surface area contributed by atoms with Gasteiger partial charge in [-0.15, -0.1) is 0 Å². The average molecular weight is 529 g/mol. The zero-order valence-electron chi connectivity index (χ0n) is 19.8. The van der Waals surface area contributed by atoms with E-state index in [9.17, 15) is 36.3 Å². The number of hydrogen-bond donors (Lipinski definition) is 2. The number of nitrogens with zero attached hydrogens (tertiary/aromatic N) is 1. The Labute approximate surface area is 208 Å². The highest BCUT2D eigenvalue weighted by Crippen LogP contribution is 2.40. The van der Waals surface area contributed by atoms with Crippen LogP contribution in [-0.4, -0.2) is 69.8 Å². The van der Waals surface area contributed by atoms with E-state index in [0.29, 0.717) is 22.4 Å². The number of carbonyl (C=O) groups excluding carboxylic acids is 3. The predicted octanol–water partition coefficient (Wildman–Crippen LogP) is 2.83. The van der Waals surface area contributed by atoms with E-state index in [1.165, 1.54) is 17.3 Å². The summed E-state index contributed by atoms with van der Waals surface area (Å²) in [5.41, 5.74) is 2.23. The molecule has 0 spiro atoms. The Morgan fingerprint density at radius 1 is 0.973 bits per heavy atom. The zero-order valence-corrected chi connectivity index (χ0v) is 19.8. The molecule has 3 rings (SSSR count). The molecule has 37 heavy (non-hydrogen) atoms. The number of para-hydroxylation sites is 1. The molecule has 2 aromatic carbocycles. The van der Waals surface area contributed by atoms with Crippen LogP contribution in [0, 0.1) is 0 Å². The predicted molar refractivity (Wildman–Crippen MR) is 122 cm³/mol. The maximum atomic E-state index is 13.7. The summed E-state index contributed by atoms with van der Waals surface area (Å²) >= 11 is 0.